The molecule has 0 saturated carbocycles. The molecule has 29 heavy (non-hydrogen) atoms. The van der Waals surface area contributed by atoms with E-state index in [9.17, 15) is 5.11 Å². The van der Waals surface area contributed by atoms with Crippen LogP contribution in [-0.2, 0) is 12.1 Å². The predicted molar refractivity (Wildman–Crippen MR) is 110 cm³/mol. The first-order valence-corrected chi connectivity index (χ1v) is 9.78. The summed E-state index contributed by atoms with van der Waals surface area (Å²) in [6.07, 6.45) is 4.65. The SMILES string of the molecule is COc1ccccc1C1(O)CCN(Cc2cccc(Oc3ncccn3)c2)CC1. The molecular weight excluding hydrogens is 366 g/mol. The Morgan fingerprint density at radius 3 is 2.52 bits per heavy atom. The molecule has 0 bridgehead atoms. The van der Waals surface area contributed by atoms with Gasteiger partial charge in [0.15, 0.2) is 0 Å². The van der Waals surface area contributed by atoms with Crippen LogP contribution in [0.1, 0.15) is 24.0 Å². The van der Waals surface area contributed by atoms with Gasteiger partial charge in [0.2, 0.25) is 0 Å². The molecule has 150 valence electrons. The monoisotopic (exact) mass is 391 g/mol. The maximum absolute atomic E-state index is 11.2. The van der Waals surface area contributed by atoms with Crippen LogP contribution < -0.4 is 9.47 Å². The molecule has 0 amide bonds. The summed E-state index contributed by atoms with van der Waals surface area (Å²) in [6, 6.07) is 17.8. The van der Waals surface area contributed by atoms with Gasteiger partial charge in [0.05, 0.1) is 12.7 Å². The lowest BCUT2D eigenvalue weighted by atomic mass is 9.84. The maximum Gasteiger partial charge on any atom is 0.321 e. The highest BCUT2D eigenvalue weighted by Crippen LogP contribution is 2.38. The zero-order chi connectivity index (χ0) is 20.1. The molecule has 6 heteroatoms. The van der Waals surface area contributed by atoms with Crippen molar-refractivity contribution in [3.8, 4) is 17.5 Å². The third-order valence-electron chi connectivity index (χ3n) is 5.35. The van der Waals surface area contributed by atoms with Gasteiger partial charge in [-0.1, -0.05) is 30.3 Å². The van der Waals surface area contributed by atoms with E-state index in [1.807, 2.05) is 42.5 Å². The Morgan fingerprint density at radius 1 is 1.00 bits per heavy atom. The van der Waals surface area contributed by atoms with E-state index in [1.165, 1.54) is 0 Å². The first kappa shape index (κ1) is 19.4. The molecule has 0 aliphatic carbocycles. The largest absolute Gasteiger partial charge is 0.496 e. The Labute approximate surface area is 170 Å². The lowest BCUT2D eigenvalue weighted by Gasteiger charge is -2.39. The number of hydrogen-bond donors (Lipinski definition) is 1. The minimum atomic E-state index is -0.849. The van der Waals surface area contributed by atoms with Crippen LogP contribution in [0, 0.1) is 0 Å². The fourth-order valence-electron chi connectivity index (χ4n) is 3.79. The molecule has 1 aromatic heterocycles. The quantitative estimate of drug-likeness (QED) is 0.690. The lowest BCUT2D eigenvalue weighted by molar-refractivity contribution is -0.0292. The average Bonchev–Trinajstić information content (AvgIpc) is 2.76. The number of aliphatic hydroxyl groups is 1. The third kappa shape index (κ3) is 4.55. The van der Waals surface area contributed by atoms with Crippen molar-refractivity contribution in [3.05, 3.63) is 78.1 Å². The van der Waals surface area contributed by atoms with E-state index in [0.717, 1.165) is 42.3 Å². The smallest absolute Gasteiger partial charge is 0.321 e. The second kappa shape index (κ2) is 8.59. The Balaban J connectivity index is 1.39. The number of nitrogens with zero attached hydrogens (tertiary/aromatic N) is 3. The van der Waals surface area contributed by atoms with Crippen molar-refractivity contribution in [3.63, 3.8) is 0 Å². The second-order valence-electron chi connectivity index (χ2n) is 7.29. The summed E-state index contributed by atoms with van der Waals surface area (Å²) in [5.74, 6) is 1.47. The maximum atomic E-state index is 11.2. The first-order chi connectivity index (χ1) is 14.2. The molecule has 2 aromatic carbocycles. The lowest BCUT2D eigenvalue weighted by Crippen LogP contribution is -2.42. The van der Waals surface area contributed by atoms with Gasteiger partial charge in [0.1, 0.15) is 11.5 Å². The van der Waals surface area contributed by atoms with Crippen molar-refractivity contribution >= 4 is 0 Å². The second-order valence-corrected chi connectivity index (χ2v) is 7.29. The van der Waals surface area contributed by atoms with Crippen molar-refractivity contribution in [2.45, 2.75) is 25.0 Å². The highest BCUT2D eigenvalue weighted by molar-refractivity contribution is 5.38. The van der Waals surface area contributed by atoms with Crippen molar-refractivity contribution in [2.75, 3.05) is 20.2 Å². The molecule has 0 spiro atoms. The summed E-state index contributed by atoms with van der Waals surface area (Å²) >= 11 is 0. The molecule has 0 atom stereocenters. The minimum Gasteiger partial charge on any atom is -0.496 e. The number of piperidine rings is 1. The van der Waals surface area contributed by atoms with E-state index >= 15 is 0 Å². The summed E-state index contributed by atoms with van der Waals surface area (Å²) in [7, 11) is 1.65. The predicted octanol–water partition coefficient (Wildman–Crippen LogP) is 3.76. The number of aromatic nitrogens is 2. The van der Waals surface area contributed by atoms with Crippen molar-refractivity contribution in [2.24, 2.45) is 0 Å². The van der Waals surface area contributed by atoms with Gasteiger partial charge in [0.25, 0.3) is 0 Å². The summed E-state index contributed by atoms with van der Waals surface area (Å²) < 4.78 is 11.2. The highest BCUT2D eigenvalue weighted by atomic mass is 16.5. The molecule has 1 fully saturated rings. The highest BCUT2D eigenvalue weighted by Gasteiger charge is 2.36. The van der Waals surface area contributed by atoms with Crippen LogP contribution in [0.5, 0.6) is 17.5 Å². The molecule has 6 nitrogen and oxygen atoms in total. The van der Waals surface area contributed by atoms with E-state index in [2.05, 4.69) is 20.9 Å². The molecule has 3 aromatic rings. The van der Waals surface area contributed by atoms with E-state index in [4.69, 9.17) is 9.47 Å². The van der Waals surface area contributed by atoms with Gasteiger partial charge in [-0.05, 0) is 42.7 Å². The van der Waals surface area contributed by atoms with Crippen LogP contribution in [0.2, 0.25) is 0 Å². The third-order valence-corrected chi connectivity index (χ3v) is 5.35. The van der Waals surface area contributed by atoms with Gasteiger partial charge in [-0.2, -0.15) is 0 Å². The van der Waals surface area contributed by atoms with E-state index in [-0.39, 0.29) is 0 Å². The topological polar surface area (TPSA) is 67.7 Å². The Bertz CT molecular complexity index is 941. The molecule has 4 rings (SSSR count). The molecule has 0 unspecified atom stereocenters. The van der Waals surface area contributed by atoms with Gasteiger partial charge in [-0.3, -0.25) is 4.90 Å². The summed E-state index contributed by atoms with van der Waals surface area (Å²) in [6.45, 7) is 2.41. The van der Waals surface area contributed by atoms with Crippen LogP contribution in [0.4, 0.5) is 0 Å². The fraction of sp³-hybridized carbons (Fsp3) is 0.304. The number of methoxy groups -OCH3 is 1. The molecule has 1 aliphatic heterocycles. The fourth-order valence-corrected chi connectivity index (χ4v) is 3.79. The van der Waals surface area contributed by atoms with E-state index in [0.29, 0.717) is 18.9 Å². The van der Waals surface area contributed by atoms with Crippen molar-refractivity contribution in [1.82, 2.24) is 14.9 Å². The van der Waals surface area contributed by atoms with Gasteiger partial charge >= 0.3 is 6.01 Å². The minimum absolute atomic E-state index is 0.337. The molecule has 0 radical (unpaired) electrons. The standard InChI is InChI=1S/C23H25N3O3/c1-28-21-9-3-2-8-20(21)23(27)10-14-26(15-11-23)17-18-6-4-7-19(16-18)29-22-24-12-5-13-25-22/h2-9,12-13,16,27H,10-11,14-15,17H2,1H3. The molecule has 2 heterocycles. The summed E-state index contributed by atoms with van der Waals surface area (Å²) in [4.78, 5) is 10.5. The van der Waals surface area contributed by atoms with E-state index in [1.54, 1.807) is 25.6 Å². The van der Waals surface area contributed by atoms with Crippen LogP contribution in [0.25, 0.3) is 0 Å². The average molecular weight is 391 g/mol. The van der Waals surface area contributed by atoms with Crippen LogP contribution in [0.3, 0.4) is 0 Å². The van der Waals surface area contributed by atoms with Crippen LogP contribution >= 0.6 is 0 Å². The zero-order valence-electron chi connectivity index (χ0n) is 16.5. The molecule has 1 N–H and O–H groups in total. The zero-order valence-corrected chi connectivity index (χ0v) is 16.5. The number of ether oxygens (including phenoxy) is 2. The molecular formula is C23H25N3O3. The van der Waals surface area contributed by atoms with Gasteiger partial charge in [-0.15, -0.1) is 0 Å². The van der Waals surface area contributed by atoms with Crippen molar-refractivity contribution in [1.29, 1.82) is 0 Å². The number of benzene rings is 2. The Hall–Kier alpha value is -2.96. The Morgan fingerprint density at radius 2 is 1.76 bits per heavy atom. The van der Waals surface area contributed by atoms with Crippen molar-refractivity contribution < 1.29 is 14.6 Å². The number of para-hydroxylation sites is 1. The molecule has 1 aliphatic rings. The molecule has 1 saturated heterocycles. The Kier molecular flexibility index (Phi) is 5.74. The summed E-state index contributed by atoms with van der Waals surface area (Å²) in [5.41, 5.74) is 1.18. The van der Waals surface area contributed by atoms with Gasteiger partial charge in [-0.25, -0.2) is 9.97 Å². The van der Waals surface area contributed by atoms with Crippen LogP contribution in [0.15, 0.2) is 67.0 Å². The number of hydrogen-bond acceptors (Lipinski definition) is 6. The normalized spacial score (nSPS) is 16.3. The van der Waals surface area contributed by atoms with E-state index < -0.39 is 5.60 Å². The number of rotatable bonds is 6. The first-order valence-electron chi connectivity index (χ1n) is 9.78. The van der Waals surface area contributed by atoms with Gasteiger partial charge < -0.3 is 14.6 Å². The number of likely N-dealkylation sites (tertiary alicyclic amines) is 1. The summed E-state index contributed by atoms with van der Waals surface area (Å²) in [5, 5.41) is 11.2. The van der Waals surface area contributed by atoms with Gasteiger partial charge in [0, 0.05) is 37.6 Å². The van der Waals surface area contributed by atoms with Crippen LogP contribution in [-0.4, -0.2) is 40.2 Å².